The van der Waals surface area contributed by atoms with Crippen LogP contribution in [0.25, 0.3) is 61.6 Å². The molecule has 0 spiro atoms. The lowest BCUT2D eigenvalue weighted by molar-refractivity contribution is 0.477. The highest BCUT2D eigenvalue weighted by Gasteiger charge is 2.30. The average molecular weight is 712 g/mol. The van der Waals surface area contributed by atoms with Gasteiger partial charge in [0, 0.05) is 17.3 Å². The van der Waals surface area contributed by atoms with E-state index in [9.17, 15) is 5.11 Å². The summed E-state index contributed by atoms with van der Waals surface area (Å²) in [6.07, 6.45) is 1.88. The number of aromatic nitrogens is 3. The van der Waals surface area contributed by atoms with Crippen LogP contribution in [0.4, 0.5) is 0 Å². The number of phenols is 1. The van der Waals surface area contributed by atoms with Crippen LogP contribution in [0.1, 0.15) is 103 Å². The number of nitrogens with zero attached hydrogens (tertiary/aromatic N) is 3. The van der Waals surface area contributed by atoms with Crippen LogP contribution in [0.5, 0.6) is 5.75 Å². The zero-order valence-corrected chi connectivity index (χ0v) is 33.5. The minimum atomic E-state index is -0.164. The Kier molecular flexibility index (Phi) is 9.60. The van der Waals surface area contributed by atoms with Gasteiger partial charge < -0.3 is 5.11 Å². The van der Waals surface area contributed by atoms with E-state index in [4.69, 9.17) is 9.97 Å². The molecule has 0 aliphatic carbocycles. The molecular formula is C50H53N3O. The van der Waals surface area contributed by atoms with Crippen molar-refractivity contribution in [2.75, 3.05) is 0 Å². The van der Waals surface area contributed by atoms with Crippen molar-refractivity contribution in [2.45, 2.75) is 91.9 Å². The number of hydrogen-bond acceptors (Lipinski definition) is 3. The van der Waals surface area contributed by atoms with E-state index in [1.54, 1.807) is 0 Å². The zero-order chi connectivity index (χ0) is 38.5. The van der Waals surface area contributed by atoms with Crippen molar-refractivity contribution < 1.29 is 5.11 Å². The van der Waals surface area contributed by atoms with Crippen molar-refractivity contribution in [3.63, 3.8) is 0 Å². The molecule has 1 N–H and O–H groups in total. The molecule has 7 rings (SSSR count). The molecule has 2 heterocycles. The fraction of sp³-hybridized carbons (Fsp3) is 0.280. The first-order chi connectivity index (χ1) is 25.6. The van der Waals surface area contributed by atoms with E-state index in [0.717, 1.165) is 56.1 Å². The van der Waals surface area contributed by atoms with E-state index in [0.29, 0.717) is 5.56 Å². The fourth-order valence-electron chi connectivity index (χ4n) is 7.82. The van der Waals surface area contributed by atoms with E-state index < -0.39 is 0 Å². The molecule has 0 saturated carbocycles. The molecule has 0 saturated heterocycles. The number of rotatable bonds is 7. The number of pyridine rings is 1. The smallest absolute Gasteiger partial charge is 0.149 e. The summed E-state index contributed by atoms with van der Waals surface area (Å²) in [5, 5.41) is 11.7. The molecule has 0 aliphatic rings. The van der Waals surface area contributed by atoms with Crippen molar-refractivity contribution in [1.29, 1.82) is 0 Å². The van der Waals surface area contributed by atoms with Crippen LogP contribution in [-0.2, 0) is 10.8 Å². The van der Waals surface area contributed by atoms with Crippen LogP contribution < -0.4 is 0 Å². The molecule has 4 nitrogen and oxygen atoms in total. The SMILES string of the molecule is CC(C)c1cccc(C(C)C)c1-n1c(-c2cc(-c3ccccc3)ccc2O)nc2c(-c3cc(-c4ccccn4)c(C(C)(C)C)cc3C(C)(C)C)cccc21. The van der Waals surface area contributed by atoms with Gasteiger partial charge in [-0.1, -0.05) is 148 Å². The summed E-state index contributed by atoms with van der Waals surface area (Å²) in [6, 6.07) is 40.4. The minimum Gasteiger partial charge on any atom is -0.507 e. The lowest BCUT2D eigenvalue weighted by Crippen LogP contribution is -2.19. The molecule has 0 aliphatic heterocycles. The summed E-state index contributed by atoms with van der Waals surface area (Å²) >= 11 is 0. The number of phenolic OH excluding ortho intramolecular Hbond substituents is 1. The number of imidazole rings is 1. The summed E-state index contributed by atoms with van der Waals surface area (Å²) in [6.45, 7) is 22.8. The first kappa shape index (κ1) is 36.9. The average Bonchev–Trinajstić information content (AvgIpc) is 3.53. The van der Waals surface area contributed by atoms with Crippen LogP contribution in [0.15, 0.2) is 121 Å². The predicted octanol–water partition coefficient (Wildman–Crippen LogP) is 13.6. The Morgan fingerprint density at radius 1 is 0.556 bits per heavy atom. The van der Waals surface area contributed by atoms with E-state index >= 15 is 0 Å². The third-order valence-electron chi connectivity index (χ3n) is 10.6. The quantitative estimate of drug-likeness (QED) is 0.179. The Morgan fingerprint density at radius 2 is 1.19 bits per heavy atom. The Labute approximate surface area is 321 Å². The summed E-state index contributed by atoms with van der Waals surface area (Å²) in [7, 11) is 0. The molecule has 7 aromatic rings. The van der Waals surface area contributed by atoms with Crippen LogP contribution >= 0.6 is 0 Å². The molecule has 0 fully saturated rings. The molecule has 0 amide bonds. The first-order valence-electron chi connectivity index (χ1n) is 19.3. The second-order valence-corrected chi connectivity index (χ2v) is 17.3. The van der Waals surface area contributed by atoms with Crippen LogP contribution in [0, 0.1) is 0 Å². The molecule has 5 aromatic carbocycles. The standard InChI is InChI=1S/C50H53N3O/c1-31(2)35-20-16-21-36(32(3)4)47(35)53-44-24-17-22-37(46(44)52-48(53)40-28-34(25-26-45(40)54)33-18-12-11-13-19-33)38-29-39(43-23-14-15-27-51-43)42(50(8,9)10)30-41(38)49(5,6)7/h11-32,54H,1-10H3. The largest absolute Gasteiger partial charge is 0.507 e. The second kappa shape index (κ2) is 14.1. The van der Waals surface area contributed by atoms with Crippen LogP contribution in [-0.4, -0.2) is 19.6 Å². The van der Waals surface area contributed by atoms with Gasteiger partial charge in [-0.25, -0.2) is 4.98 Å². The maximum absolute atomic E-state index is 11.7. The van der Waals surface area contributed by atoms with Gasteiger partial charge in [-0.05, 0) is 98.0 Å². The number of benzene rings is 5. The molecule has 54 heavy (non-hydrogen) atoms. The van der Waals surface area contributed by atoms with E-state index in [-0.39, 0.29) is 28.4 Å². The molecule has 0 unspecified atom stereocenters. The monoisotopic (exact) mass is 711 g/mol. The zero-order valence-electron chi connectivity index (χ0n) is 33.5. The maximum Gasteiger partial charge on any atom is 0.149 e. The number of para-hydroxylation sites is 2. The fourth-order valence-corrected chi connectivity index (χ4v) is 7.82. The van der Waals surface area contributed by atoms with Gasteiger partial charge in [0.25, 0.3) is 0 Å². The highest BCUT2D eigenvalue weighted by atomic mass is 16.3. The Bertz CT molecular complexity index is 2430. The molecule has 2 aromatic heterocycles. The Balaban J connectivity index is 1.63. The van der Waals surface area contributed by atoms with Gasteiger partial charge in [-0.15, -0.1) is 0 Å². The number of hydrogen-bond donors (Lipinski definition) is 1. The van der Waals surface area contributed by atoms with Crippen LogP contribution in [0.3, 0.4) is 0 Å². The highest BCUT2D eigenvalue weighted by molar-refractivity contribution is 5.98. The molecule has 274 valence electrons. The van der Waals surface area contributed by atoms with Crippen molar-refractivity contribution in [2.24, 2.45) is 0 Å². The van der Waals surface area contributed by atoms with Gasteiger partial charge in [0.1, 0.15) is 11.6 Å². The Hall–Kier alpha value is -5.48. The maximum atomic E-state index is 11.7. The van der Waals surface area contributed by atoms with Crippen LogP contribution in [0.2, 0.25) is 0 Å². The van der Waals surface area contributed by atoms with Gasteiger partial charge in [0.2, 0.25) is 0 Å². The third kappa shape index (κ3) is 6.75. The normalized spacial score (nSPS) is 12.3. The van der Waals surface area contributed by atoms with E-state index in [1.165, 1.54) is 22.3 Å². The van der Waals surface area contributed by atoms with E-state index in [2.05, 4.69) is 153 Å². The molecule has 0 bridgehead atoms. The summed E-state index contributed by atoms with van der Waals surface area (Å²) < 4.78 is 2.33. The van der Waals surface area contributed by atoms with Crippen molar-refractivity contribution in [3.8, 4) is 56.3 Å². The van der Waals surface area contributed by atoms with Gasteiger partial charge in [-0.2, -0.15) is 0 Å². The summed E-state index contributed by atoms with van der Waals surface area (Å²) in [5.41, 5.74) is 14.9. The first-order valence-corrected chi connectivity index (χ1v) is 19.3. The summed E-state index contributed by atoms with van der Waals surface area (Å²) in [5.74, 6) is 1.43. The predicted molar refractivity (Wildman–Crippen MR) is 228 cm³/mol. The lowest BCUT2D eigenvalue weighted by atomic mass is 9.74. The molecule has 4 heteroatoms. The lowest BCUT2D eigenvalue weighted by Gasteiger charge is -2.30. The topological polar surface area (TPSA) is 50.9 Å². The van der Waals surface area contributed by atoms with E-state index in [1.807, 2.05) is 42.6 Å². The van der Waals surface area contributed by atoms with Crippen molar-refractivity contribution in [3.05, 3.63) is 144 Å². The van der Waals surface area contributed by atoms with Crippen molar-refractivity contribution in [1.82, 2.24) is 14.5 Å². The molecular weight excluding hydrogens is 659 g/mol. The molecule has 0 radical (unpaired) electrons. The second-order valence-electron chi connectivity index (χ2n) is 17.3. The summed E-state index contributed by atoms with van der Waals surface area (Å²) in [4.78, 5) is 10.5. The van der Waals surface area contributed by atoms with Gasteiger partial charge in [0.15, 0.2) is 0 Å². The Morgan fingerprint density at radius 3 is 1.80 bits per heavy atom. The minimum absolute atomic E-state index is 0.110. The molecule has 0 atom stereocenters. The van der Waals surface area contributed by atoms with Gasteiger partial charge in [-0.3, -0.25) is 9.55 Å². The third-order valence-corrected chi connectivity index (χ3v) is 10.6. The van der Waals surface area contributed by atoms with Crippen molar-refractivity contribution >= 4 is 11.0 Å². The number of aromatic hydroxyl groups is 1. The number of fused-ring (bicyclic) bond motifs is 1. The highest BCUT2D eigenvalue weighted by Crippen LogP contribution is 2.46. The van der Waals surface area contributed by atoms with Gasteiger partial charge >= 0.3 is 0 Å². The van der Waals surface area contributed by atoms with Gasteiger partial charge in [0.05, 0.1) is 28.0 Å².